The summed E-state index contributed by atoms with van der Waals surface area (Å²) >= 11 is 3.22. The Morgan fingerprint density at radius 3 is 2.77 bits per heavy atom. The number of halogens is 1. The van der Waals surface area contributed by atoms with E-state index in [0.29, 0.717) is 16.7 Å². The van der Waals surface area contributed by atoms with Gasteiger partial charge in [-0.05, 0) is 40.7 Å². The lowest BCUT2D eigenvalue weighted by Crippen LogP contribution is -2.21. The number of hydrogen-bond acceptors (Lipinski definition) is 5. The topological polar surface area (TPSA) is 93.1 Å². The number of anilines is 1. The predicted octanol–water partition coefficient (Wildman–Crippen LogP) is 1.06. The summed E-state index contributed by atoms with van der Waals surface area (Å²) in [6.07, 6.45) is 1.53. The lowest BCUT2D eigenvalue weighted by atomic mass is 10.2. The van der Waals surface area contributed by atoms with E-state index in [0.717, 1.165) is 5.56 Å². The number of nitrogens with one attached hydrogen (secondary N) is 2. The molecular weight excluding hydrogens is 372 g/mol. The highest BCUT2D eigenvalue weighted by atomic mass is 79.9. The third-order valence-electron chi connectivity index (χ3n) is 3.04. The molecule has 0 saturated carbocycles. The van der Waals surface area contributed by atoms with E-state index in [2.05, 4.69) is 31.1 Å². The van der Waals surface area contributed by atoms with E-state index in [1.54, 1.807) is 25.2 Å². The number of nitrogens with zero attached hydrogens (tertiary/aromatic N) is 2. The smallest absolute Gasteiger partial charge is 0.282 e. The second-order valence-corrected chi connectivity index (χ2v) is 7.19. The molecule has 0 aliphatic carbocycles. The van der Waals surface area contributed by atoms with E-state index in [1.807, 2.05) is 0 Å². The van der Waals surface area contributed by atoms with Crippen molar-refractivity contribution < 1.29 is 8.42 Å². The minimum Gasteiger partial charge on any atom is -0.379 e. The molecule has 7 nitrogen and oxygen atoms in total. The maximum absolute atomic E-state index is 11.8. The lowest BCUT2D eigenvalue weighted by Gasteiger charge is -2.10. The minimum absolute atomic E-state index is 0.190. The number of benzene rings is 1. The van der Waals surface area contributed by atoms with Crippen molar-refractivity contribution in [2.45, 2.75) is 11.4 Å². The van der Waals surface area contributed by atoms with Crippen molar-refractivity contribution in [3.63, 3.8) is 0 Å². The molecule has 9 heteroatoms. The maximum atomic E-state index is 11.8. The van der Waals surface area contributed by atoms with Gasteiger partial charge >= 0.3 is 0 Å². The molecule has 0 bridgehead atoms. The number of sulfonamides is 1. The summed E-state index contributed by atoms with van der Waals surface area (Å²) in [6.45, 7) is 0.362. The van der Waals surface area contributed by atoms with Gasteiger partial charge in [-0.25, -0.2) is 17.8 Å². The summed E-state index contributed by atoms with van der Waals surface area (Å²) in [5, 5.41) is 6.98. The van der Waals surface area contributed by atoms with Crippen LogP contribution in [0.15, 0.2) is 44.6 Å². The molecule has 0 aliphatic heterocycles. The average Bonchev–Trinajstić information content (AvgIpc) is 2.52. The van der Waals surface area contributed by atoms with Crippen molar-refractivity contribution in [1.29, 1.82) is 0 Å². The maximum Gasteiger partial charge on any atom is 0.282 e. The van der Waals surface area contributed by atoms with Gasteiger partial charge in [0.15, 0.2) is 0 Å². The highest BCUT2D eigenvalue weighted by Crippen LogP contribution is 2.18. The second-order valence-electron chi connectivity index (χ2n) is 4.51. The molecule has 1 aromatic heterocycles. The van der Waals surface area contributed by atoms with Gasteiger partial charge in [-0.15, -0.1) is 0 Å². The Labute approximate surface area is 136 Å². The third kappa shape index (κ3) is 3.54. The van der Waals surface area contributed by atoms with Gasteiger partial charge < -0.3 is 5.32 Å². The first-order valence-corrected chi connectivity index (χ1v) is 8.61. The Kier molecular flexibility index (Phi) is 4.99. The SMILES string of the molecule is CNS(=O)(=O)c1cccc(CNc2cnn(C)c(=O)c2Br)c1. The number of hydrogen-bond donors (Lipinski definition) is 2. The van der Waals surface area contributed by atoms with Crippen LogP contribution in [0.5, 0.6) is 0 Å². The third-order valence-corrected chi connectivity index (χ3v) is 5.22. The molecule has 1 heterocycles. The number of aryl methyl sites for hydroxylation is 1. The van der Waals surface area contributed by atoms with Crippen LogP contribution in [0, 0.1) is 0 Å². The van der Waals surface area contributed by atoms with Gasteiger partial charge in [-0.1, -0.05) is 12.1 Å². The van der Waals surface area contributed by atoms with Crippen molar-refractivity contribution in [3.05, 3.63) is 50.9 Å². The molecule has 0 amide bonds. The Morgan fingerprint density at radius 1 is 1.36 bits per heavy atom. The molecule has 0 aliphatic rings. The zero-order valence-electron chi connectivity index (χ0n) is 12.0. The molecule has 118 valence electrons. The first kappa shape index (κ1) is 16.7. The molecule has 2 N–H and O–H groups in total. The van der Waals surface area contributed by atoms with Crippen molar-refractivity contribution in [1.82, 2.24) is 14.5 Å². The normalized spacial score (nSPS) is 11.4. The van der Waals surface area contributed by atoms with Crippen molar-refractivity contribution in [2.24, 2.45) is 7.05 Å². The van der Waals surface area contributed by atoms with Crippen LogP contribution in [0.3, 0.4) is 0 Å². The van der Waals surface area contributed by atoms with Crippen LogP contribution in [0.2, 0.25) is 0 Å². The molecule has 0 atom stereocenters. The first-order chi connectivity index (χ1) is 10.3. The summed E-state index contributed by atoms with van der Waals surface area (Å²) in [4.78, 5) is 11.9. The fourth-order valence-electron chi connectivity index (χ4n) is 1.77. The van der Waals surface area contributed by atoms with Crippen LogP contribution < -0.4 is 15.6 Å². The van der Waals surface area contributed by atoms with E-state index >= 15 is 0 Å². The van der Waals surface area contributed by atoms with Gasteiger partial charge in [0.05, 0.1) is 16.8 Å². The minimum atomic E-state index is -3.48. The molecule has 0 fully saturated rings. The van der Waals surface area contributed by atoms with Crippen LogP contribution in [-0.4, -0.2) is 25.2 Å². The van der Waals surface area contributed by atoms with E-state index < -0.39 is 10.0 Å². The molecule has 2 rings (SSSR count). The quantitative estimate of drug-likeness (QED) is 0.801. The Hall–Kier alpha value is -1.71. The molecule has 0 saturated heterocycles. The Morgan fingerprint density at radius 2 is 2.09 bits per heavy atom. The molecular formula is C13H15BrN4O3S. The standard InChI is InChI=1S/C13H15BrN4O3S/c1-15-22(20,21)10-5-3-4-9(6-10)7-16-11-8-17-18(2)13(19)12(11)14/h3-6,8,15-16H,7H2,1-2H3. The Bertz CT molecular complexity index is 849. The van der Waals surface area contributed by atoms with Gasteiger partial charge in [0.25, 0.3) is 5.56 Å². The Balaban J connectivity index is 2.21. The van der Waals surface area contributed by atoms with E-state index in [1.165, 1.54) is 24.0 Å². The summed E-state index contributed by atoms with van der Waals surface area (Å²) in [5.41, 5.74) is 1.06. The van der Waals surface area contributed by atoms with Crippen molar-refractivity contribution >= 4 is 31.6 Å². The van der Waals surface area contributed by atoms with Crippen LogP contribution in [0.4, 0.5) is 5.69 Å². The average molecular weight is 387 g/mol. The van der Waals surface area contributed by atoms with Gasteiger partial charge in [-0.3, -0.25) is 4.79 Å². The second kappa shape index (κ2) is 6.59. The van der Waals surface area contributed by atoms with Crippen molar-refractivity contribution in [2.75, 3.05) is 12.4 Å². The van der Waals surface area contributed by atoms with Crippen LogP contribution >= 0.6 is 15.9 Å². The van der Waals surface area contributed by atoms with Gasteiger partial charge in [0, 0.05) is 13.6 Å². The van der Waals surface area contributed by atoms with E-state index in [4.69, 9.17) is 0 Å². The first-order valence-electron chi connectivity index (χ1n) is 6.33. The fourth-order valence-corrected chi connectivity index (χ4v) is 3.07. The monoisotopic (exact) mass is 386 g/mol. The molecule has 0 unspecified atom stereocenters. The lowest BCUT2D eigenvalue weighted by molar-refractivity contribution is 0.588. The van der Waals surface area contributed by atoms with E-state index in [9.17, 15) is 13.2 Å². The summed E-state index contributed by atoms with van der Waals surface area (Å²) in [7, 11) is -0.555. The molecule has 0 spiro atoms. The van der Waals surface area contributed by atoms with Gasteiger partial charge in [0.2, 0.25) is 10.0 Å². The van der Waals surface area contributed by atoms with Gasteiger partial charge in [-0.2, -0.15) is 5.10 Å². The van der Waals surface area contributed by atoms with Gasteiger partial charge in [0.1, 0.15) is 4.47 Å². The molecule has 1 aromatic carbocycles. The van der Waals surface area contributed by atoms with E-state index in [-0.39, 0.29) is 10.5 Å². The molecule has 0 radical (unpaired) electrons. The summed E-state index contributed by atoms with van der Waals surface area (Å²) in [5.74, 6) is 0. The zero-order valence-corrected chi connectivity index (χ0v) is 14.4. The molecule has 22 heavy (non-hydrogen) atoms. The number of aromatic nitrogens is 2. The van der Waals surface area contributed by atoms with Crippen LogP contribution in [0.1, 0.15) is 5.56 Å². The summed E-state index contributed by atoms with van der Waals surface area (Å²) < 4.78 is 27.4. The highest BCUT2D eigenvalue weighted by Gasteiger charge is 2.12. The fraction of sp³-hybridized carbons (Fsp3) is 0.231. The zero-order chi connectivity index (χ0) is 16.3. The van der Waals surface area contributed by atoms with Crippen LogP contribution in [0.25, 0.3) is 0 Å². The highest BCUT2D eigenvalue weighted by molar-refractivity contribution is 9.10. The predicted molar refractivity (Wildman–Crippen MR) is 87.2 cm³/mol. The number of rotatable bonds is 5. The van der Waals surface area contributed by atoms with Crippen molar-refractivity contribution in [3.8, 4) is 0 Å². The molecule has 2 aromatic rings. The van der Waals surface area contributed by atoms with Crippen LogP contribution in [-0.2, 0) is 23.6 Å². The summed E-state index contributed by atoms with van der Waals surface area (Å²) in [6, 6.07) is 6.55. The largest absolute Gasteiger partial charge is 0.379 e.